The van der Waals surface area contributed by atoms with Gasteiger partial charge in [-0.25, -0.2) is 9.79 Å². The van der Waals surface area contributed by atoms with Crippen molar-refractivity contribution in [2.45, 2.75) is 26.5 Å². The van der Waals surface area contributed by atoms with Gasteiger partial charge in [0.2, 0.25) is 0 Å². The Morgan fingerprint density at radius 1 is 1.07 bits per heavy atom. The van der Waals surface area contributed by atoms with Crippen LogP contribution >= 0.6 is 22.9 Å². The number of hydrogen-bond donors (Lipinski definition) is 0. The number of carbonyl (C=O) groups excluding carboxylic acids is 1. The molecule has 10 heteroatoms. The average molecular weight is 618 g/mol. The summed E-state index contributed by atoms with van der Waals surface area (Å²) in [5, 5.41) is 0.664. The van der Waals surface area contributed by atoms with Gasteiger partial charge in [0.05, 0.1) is 35.6 Å². The second kappa shape index (κ2) is 12.9. The summed E-state index contributed by atoms with van der Waals surface area (Å²) in [5.74, 6) is 0.625. The second-order valence-corrected chi connectivity index (χ2v) is 11.6. The highest BCUT2D eigenvalue weighted by Crippen LogP contribution is 2.32. The Hall–Kier alpha value is -4.34. The number of nitrogens with zero attached hydrogens (tertiary/aromatic N) is 3. The Bertz CT molecular complexity index is 1860. The fraction of sp³-hybridized carbons (Fsp3) is 0.242. The van der Waals surface area contributed by atoms with E-state index in [0.717, 1.165) is 22.4 Å². The van der Waals surface area contributed by atoms with E-state index in [2.05, 4.69) is 4.99 Å². The number of esters is 1. The van der Waals surface area contributed by atoms with Crippen molar-refractivity contribution >= 4 is 40.7 Å². The normalized spacial score (nSPS) is 14.7. The smallest absolute Gasteiger partial charge is 0.338 e. The second-order valence-electron chi connectivity index (χ2n) is 10.1. The zero-order valence-corrected chi connectivity index (χ0v) is 26.2. The maximum absolute atomic E-state index is 13.9. The third kappa shape index (κ3) is 6.38. The van der Waals surface area contributed by atoms with Gasteiger partial charge in [-0.3, -0.25) is 9.36 Å². The molecular formula is C33H32ClN3O5S. The van der Waals surface area contributed by atoms with E-state index in [-0.39, 0.29) is 12.2 Å². The summed E-state index contributed by atoms with van der Waals surface area (Å²) in [6.07, 6.45) is 1.80. The molecule has 0 bridgehead atoms. The first-order valence-electron chi connectivity index (χ1n) is 13.7. The minimum absolute atomic E-state index is 0.216. The molecule has 0 amide bonds. The van der Waals surface area contributed by atoms with E-state index in [1.54, 1.807) is 31.6 Å². The Balaban J connectivity index is 1.54. The minimum atomic E-state index is -0.674. The molecule has 0 N–H and O–H groups in total. The molecule has 2 heterocycles. The average Bonchev–Trinajstić information content (AvgIpc) is 3.30. The number of fused-ring (bicyclic) bond motifs is 1. The van der Waals surface area contributed by atoms with E-state index in [0.29, 0.717) is 43.7 Å². The van der Waals surface area contributed by atoms with Gasteiger partial charge in [0.1, 0.15) is 6.61 Å². The quantitative estimate of drug-likeness (QED) is 0.243. The van der Waals surface area contributed by atoms with Crippen LogP contribution in [0.4, 0.5) is 5.69 Å². The van der Waals surface area contributed by atoms with E-state index in [4.69, 9.17) is 25.8 Å². The van der Waals surface area contributed by atoms with Crippen molar-refractivity contribution in [2.75, 3.05) is 32.7 Å². The molecule has 0 aliphatic carbocycles. The minimum Gasteiger partial charge on any atom is -0.493 e. The fourth-order valence-electron chi connectivity index (χ4n) is 4.85. The van der Waals surface area contributed by atoms with Crippen LogP contribution in [0.25, 0.3) is 6.08 Å². The Morgan fingerprint density at radius 3 is 2.44 bits per heavy atom. The Morgan fingerprint density at radius 2 is 1.79 bits per heavy atom. The highest BCUT2D eigenvalue weighted by Gasteiger charge is 2.33. The van der Waals surface area contributed by atoms with Gasteiger partial charge < -0.3 is 19.1 Å². The van der Waals surface area contributed by atoms with Crippen LogP contribution in [0.5, 0.6) is 11.5 Å². The van der Waals surface area contributed by atoms with Crippen molar-refractivity contribution in [3.05, 3.63) is 119 Å². The Kier molecular flexibility index (Phi) is 9.03. The lowest BCUT2D eigenvalue weighted by Crippen LogP contribution is -2.39. The lowest BCUT2D eigenvalue weighted by molar-refractivity contribution is -0.139. The number of aromatic nitrogens is 1. The van der Waals surface area contributed by atoms with Gasteiger partial charge in [-0.1, -0.05) is 53.3 Å². The van der Waals surface area contributed by atoms with Crippen LogP contribution in [-0.2, 0) is 16.1 Å². The molecule has 3 aromatic carbocycles. The standard InChI is InChI=1S/C33H32ClN3O5S/c1-6-41-32(39)29-20(2)35-33-37(30(29)23-10-14-25(15-11-23)36(3)4)31(38)28(43-33)18-22-9-16-26(27(17-22)40-5)42-19-21-7-12-24(34)13-8-21/h7-18,30H,6,19H2,1-5H3/b28-18-. The number of rotatable bonds is 9. The molecule has 4 aromatic rings. The predicted octanol–water partition coefficient (Wildman–Crippen LogP) is 5.11. The van der Waals surface area contributed by atoms with E-state index in [9.17, 15) is 9.59 Å². The summed E-state index contributed by atoms with van der Waals surface area (Å²) in [5.41, 5.74) is 4.15. The molecule has 5 rings (SSSR count). The van der Waals surface area contributed by atoms with E-state index in [1.165, 1.54) is 11.3 Å². The number of carbonyl (C=O) groups is 1. The largest absolute Gasteiger partial charge is 0.493 e. The van der Waals surface area contributed by atoms with Crippen LogP contribution in [0.3, 0.4) is 0 Å². The van der Waals surface area contributed by atoms with Crippen molar-refractivity contribution in [3.63, 3.8) is 0 Å². The van der Waals surface area contributed by atoms with Gasteiger partial charge in [0.15, 0.2) is 16.3 Å². The summed E-state index contributed by atoms with van der Waals surface area (Å²) < 4.78 is 19.0. The molecule has 0 saturated heterocycles. The molecule has 1 atom stereocenters. The van der Waals surface area contributed by atoms with Gasteiger partial charge in [0.25, 0.3) is 5.56 Å². The van der Waals surface area contributed by atoms with Crippen molar-refractivity contribution in [2.24, 2.45) is 4.99 Å². The molecule has 1 aliphatic heterocycles. The topological polar surface area (TPSA) is 82.4 Å². The number of hydrogen-bond acceptors (Lipinski definition) is 8. The predicted molar refractivity (Wildman–Crippen MR) is 170 cm³/mol. The molecule has 0 fully saturated rings. The number of anilines is 1. The van der Waals surface area contributed by atoms with Crippen LogP contribution in [0.2, 0.25) is 5.02 Å². The highest BCUT2D eigenvalue weighted by atomic mass is 35.5. The van der Waals surface area contributed by atoms with Crippen molar-refractivity contribution in [1.29, 1.82) is 0 Å². The summed E-state index contributed by atoms with van der Waals surface area (Å²) >= 11 is 7.25. The molecule has 0 radical (unpaired) electrons. The highest BCUT2D eigenvalue weighted by molar-refractivity contribution is 7.07. The number of ether oxygens (including phenoxy) is 3. The monoisotopic (exact) mass is 617 g/mol. The van der Waals surface area contributed by atoms with E-state index < -0.39 is 12.0 Å². The van der Waals surface area contributed by atoms with Gasteiger partial charge >= 0.3 is 5.97 Å². The van der Waals surface area contributed by atoms with E-state index in [1.807, 2.05) is 85.7 Å². The molecule has 222 valence electrons. The Labute approximate surface area is 258 Å². The number of halogens is 1. The summed E-state index contributed by atoms with van der Waals surface area (Å²) in [6.45, 7) is 4.10. The maximum atomic E-state index is 13.9. The summed E-state index contributed by atoms with van der Waals surface area (Å²) in [7, 11) is 5.49. The van der Waals surface area contributed by atoms with Crippen molar-refractivity contribution < 1.29 is 19.0 Å². The van der Waals surface area contributed by atoms with Gasteiger partial charge in [0, 0.05) is 24.8 Å². The third-order valence-corrected chi connectivity index (χ3v) is 8.27. The van der Waals surface area contributed by atoms with Crippen LogP contribution in [0.1, 0.15) is 36.6 Å². The third-order valence-electron chi connectivity index (χ3n) is 7.04. The van der Waals surface area contributed by atoms with Crippen LogP contribution in [0, 0.1) is 0 Å². The van der Waals surface area contributed by atoms with E-state index >= 15 is 0 Å². The SMILES string of the molecule is CCOC(=O)C1=C(C)N=c2s/c(=C\c3ccc(OCc4ccc(Cl)cc4)c(OC)c3)c(=O)n2C1c1ccc(N(C)C)cc1. The first-order chi connectivity index (χ1) is 20.7. The summed E-state index contributed by atoms with van der Waals surface area (Å²) in [6, 6.07) is 20.1. The molecule has 43 heavy (non-hydrogen) atoms. The molecule has 0 saturated carbocycles. The lowest BCUT2D eigenvalue weighted by atomic mass is 9.95. The molecular weight excluding hydrogens is 586 g/mol. The zero-order valence-electron chi connectivity index (χ0n) is 24.6. The fourth-order valence-corrected chi connectivity index (χ4v) is 6.02. The zero-order chi connectivity index (χ0) is 30.7. The van der Waals surface area contributed by atoms with Crippen molar-refractivity contribution in [3.8, 4) is 11.5 Å². The van der Waals surface area contributed by atoms with Crippen molar-refractivity contribution in [1.82, 2.24) is 4.57 Å². The molecule has 8 nitrogen and oxygen atoms in total. The molecule has 0 spiro atoms. The molecule has 1 unspecified atom stereocenters. The first-order valence-corrected chi connectivity index (χ1v) is 14.9. The number of methoxy groups -OCH3 is 1. The van der Waals surface area contributed by atoms with Gasteiger partial charge in [-0.15, -0.1) is 0 Å². The van der Waals surface area contributed by atoms with Crippen LogP contribution in [0.15, 0.2) is 87.8 Å². The number of thiazole rings is 1. The number of allylic oxidation sites excluding steroid dienone is 1. The summed E-state index contributed by atoms with van der Waals surface area (Å²) in [4.78, 5) is 34.3. The molecule has 1 aliphatic rings. The van der Waals surface area contributed by atoms with Gasteiger partial charge in [-0.2, -0.15) is 0 Å². The van der Waals surface area contributed by atoms with Gasteiger partial charge in [-0.05, 0) is 73.0 Å². The van der Waals surface area contributed by atoms with Crippen LogP contribution in [-0.4, -0.2) is 38.3 Å². The molecule has 1 aromatic heterocycles. The first kappa shape index (κ1) is 30.1. The van der Waals surface area contributed by atoms with Crippen LogP contribution < -0.4 is 29.3 Å². The lowest BCUT2D eigenvalue weighted by Gasteiger charge is -2.25. The number of benzene rings is 3. The maximum Gasteiger partial charge on any atom is 0.338 e.